The number of rotatable bonds is 6. The topological polar surface area (TPSA) is 65.8 Å². The Morgan fingerprint density at radius 1 is 1.10 bits per heavy atom. The molecule has 1 saturated heterocycles. The summed E-state index contributed by atoms with van der Waals surface area (Å²) < 4.78 is 10.9. The van der Waals surface area contributed by atoms with E-state index in [2.05, 4.69) is 11.0 Å². The van der Waals surface area contributed by atoms with E-state index in [0.717, 1.165) is 28.2 Å². The minimum Gasteiger partial charge on any atom is -0.497 e. The highest BCUT2D eigenvalue weighted by molar-refractivity contribution is 5.78. The Labute approximate surface area is 172 Å². The highest BCUT2D eigenvalue weighted by atomic mass is 16.5. The van der Waals surface area contributed by atoms with Crippen molar-refractivity contribution in [2.75, 3.05) is 39.9 Å². The first-order valence-corrected chi connectivity index (χ1v) is 9.77. The Balaban J connectivity index is 1.54. The van der Waals surface area contributed by atoms with Gasteiger partial charge in [-0.25, -0.2) is 0 Å². The number of ether oxygens (including phenoxy) is 2. The Morgan fingerprint density at radius 2 is 1.79 bits per heavy atom. The van der Waals surface area contributed by atoms with E-state index >= 15 is 0 Å². The number of benzene rings is 2. The highest BCUT2D eigenvalue weighted by Crippen LogP contribution is 2.24. The quantitative estimate of drug-likeness (QED) is 0.755. The van der Waals surface area contributed by atoms with Crippen molar-refractivity contribution >= 4 is 5.91 Å². The zero-order valence-electron chi connectivity index (χ0n) is 17.2. The van der Waals surface area contributed by atoms with Crippen molar-refractivity contribution in [3.05, 3.63) is 59.2 Å². The van der Waals surface area contributed by atoms with Crippen LogP contribution in [0.15, 0.2) is 42.5 Å². The lowest BCUT2D eigenvalue weighted by Gasteiger charge is -2.37. The van der Waals surface area contributed by atoms with Gasteiger partial charge in [-0.3, -0.25) is 9.69 Å². The predicted molar refractivity (Wildman–Crippen MR) is 111 cm³/mol. The van der Waals surface area contributed by atoms with E-state index in [9.17, 15) is 10.1 Å². The number of carbonyl (C=O) groups is 1. The summed E-state index contributed by atoms with van der Waals surface area (Å²) in [5.41, 5.74) is 3.06. The molecule has 1 aliphatic heterocycles. The van der Waals surface area contributed by atoms with E-state index in [1.165, 1.54) is 0 Å². The Hall–Kier alpha value is -3.04. The Kier molecular flexibility index (Phi) is 6.73. The average Bonchev–Trinajstić information content (AvgIpc) is 2.75. The third-order valence-corrected chi connectivity index (χ3v) is 5.28. The summed E-state index contributed by atoms with van der Waals surface area (Å²) >= 11 is 0. The fraction of sp³-hybridized carbons (Fsp3) is 0.391. The maximum Gasteiger partial charge on any atom is 0.260 e. The van der Waals surface area contributed by atoms with Gasteiger partial charge in [-0.15, -0.1) is 0 Å². The molecule has 1 unspecified atom stereocenters. The lowest BCUT2D eigenvalue weighted by molar-refractivity contribution is -0.135. The molecule has 0 N–H and O–H groups in total. The van der Waals surface area contributed by atoms with Crippen LogP contribution in [0.25, 0.3) is 0 Å². The molecule has 0 aliphatic carbocycles. The van der Waals surface area contributed by atoms with Crippen LogP contribution in [-0.4, -0.2) is 55.6 Å². The molecule has 1 atom stereocenters. The zero-order chi connectivity index (χ0) is 20.8. The van der Waals surface area contributed by atoms with E-state index in [-0.39, 0.29) is 18.6 Å². The molecule has 0 bridgehead atoms. The number of nitriles is 1. The summed E-state index contributed by atoms with van der Waals surface area (Å²) in [6.07, 6.45) is 0. The molecule has 29 heavy (non-hydrogen) atoms. The maximum atomic E-state index is 12.6. The lowest BCUT2D eigenvalue weighted by Crippen LogP contribution is -2.50. The van der Waals surface area contributed by atoms with Crippen LogP contribution in [0.4, 0.5) is 0 Å². The van der Waals surface area contributed by atoms with Gasteiger partial charge in [0, 0.05) is 26.2 Å². The van der Waals surface area contributed by atoms with Gasteiger partial charge < -0.3 is 14.4 Å². The van der Waals surface area contributed by atoms with Gasteiger partial charge in [0.2, 0.25) is 0 Å². The van der Waals surface area contributed by atoms with E-state index in [4.69, 9.17) is 9.47 Å². The van der Waals surface area contributed by atoms with Crippen molar-refractivity contribution in [3.63, 3.8) is 0 Å². The molecule has 2 aromatic carbocycles. The summed E-state index contributed by atoms with van der Waals surface area (Å²) in [4.78, 5) is 16.5. The molecule has 1 fully saturated rings. The average molecular weight is 393 g/mol. The van der Waals surface area contributed by atoms with Crippen LogP contribution in [0.1, 0.15) is 22.7 Å². The van der Waals surface area contributed by atoms with Gasteiger partial charge in [0.25, 0.3) is 5.91 Å². The summed E-state index contributed by atoms with van der Waals surface area (Å²) in [7, 11) is 1.62. The number of amides is 1. The van der Waals surface area contributed by atoms with Crippen LogP contribution in [0.2, 0.25) is 0 Å². The van der Waals surface area contributed by atoms with Gasteiger partial charge in [-0.05, 0) is 48.7 Å². The van der Waals surface area contributed by atoms with E-state index in [1.54, 1.807) is 7.11 Å². The van der Waals surface area contributed by atoms with Gasteiger partial charge >= 0.3 is 0 Å². The molecule has 1 aliphatic rings. The van der Waals surface area contributed by atoms with Crippen molar-refractivity contribution in [1.82, 2.24) is 9.80 Å². The predicted octanol–water partition coefficient (Wildman–Crippen LogP) is 3.10. The molecule has 1 heterocycles. The van der Waals surface area contributed by atoms with Crippen molar-refractivity contribution in [2.45, 2.75) is 19.9 Å². The minimum absolute atomic E-state index is 0.0245. The Morgan fingerprint density at radius 3 is 2.41 bits per heavy atom. The van der Waals surface area contributed by atoms with Gasteiger partial charge in [0.05, 0.1) is 13.2 Å². The molecule has 6 nitrogen and oxygen atoms in total. The van der Waals surface area contributed by atoms with Crippen LogP contribution in [0.3, 0.4) is 0 Å². The second-order valence-corrected chi connectivity index (χ2v) is 7.28. The standard InChI is InChI=1S/C23H27N3O3/c1-17-4-5-18(2)22(14-17)29-16-23(27)26-12-10-25(11-13-26)21(15-24)19-6-8-20(28-3)9-7-19/h4-9,14,21H,10-13,16H2,1-3H3. The number of piperazine rings is 1. The van der Waals surface area contributed by atoms with Crippen molar-refractivity contribution in [2.24, 2.45) is 0 Å². The van der Waals surface area contributed by atoms with Gasteiger partial charge in [0.1, 0.15) is 17.5 Å². The largest absolute Gasteiger partial charge is 0.497 e. The van der Waals surface area contributed by atoms with E-state index < -0.39 is 0 Å². The molecule has 0 spiro atoms. The summed E-state index contributed by atoms with van der Waals surface area (Å²) in [6.45, 7) is 6.48. The third kappa shape index (κ3) is 5.07. The number of carbonyl (C=O) groups excluding carboxylic acids is 1. The smallest absolute Gasteiger partial charge is 0.260 e. The van der Waals surface area contributed by atoms with Crippen molar-refractivity contribution < 1.29 is 14.3 Å². The van der Waals surface area contributed by atoms with Crippen LogP contribution >= 0.6 is 0 Å². The monoisotopic (exact) mass is 393 g/mol. The Bertz CT molecular complexity index is 881. The van der Waals surface area contributed by atoms with Crippen molar-refractivity contribution in [3.8, 4) is 17.6 Å². The summed E-state index contributed by atoms with van der Waals surface area (Å²) in [5, 5.41) is 9.67. The first-order chi connectivity index (χ1) is 14.0. The van der Waals surface area contributed by atoms with E-state index in [1.807, 2.05) is 61.2 Å². The molecule has 152 valence electrons. The third-order valence-electron chi connectivity index (χ3n) is 5.28. The summed E-state index contributed by atoms with van der Waals surface area (Å²) in [5.74, 6) is 1.49. The first kappa shape index (κ1) is 20.7. The number of hydrogen-bond donors (Lipinski definition) is 0. The number of aryl methyl sites for hydroxylation is 2. The molecule has 0 radical (unpaired) electrons. The normalized spacial score (nSPS) is 15.4. The molecule has 2 aromatic rings. The zero-order valence-corrected chi connectivity index (χ0v) is 17.2. The highest BCUT2D eigenvalue weighted by Gasteiger charge is 2.27. The van der Waals surface area contributed by atoms with Crippen LogP contribution in [0, 0.1) is 25.2 Å². The number of methoxy groups -OCH3 is 1. The van der Waals surface area contributed by atoms with Crippen molar-refractivity contribution in [1.29, 1.82) is 5.26 Å². The molecular weight excluding hydrogens is 366 g/mol. The fourth-order valence-corrected chi connectivity index (χ4v) is 3.48. The van der Waals surface area contributed by atoms with E-state index in [0.29, 0.717) is 26.2 Å². The van der Waals surface area contributed by atoms with Gasteiger partial charge in [0.15, 0.2) is 6.61 Å². The fourth-order valence-electron chi connectivity index (χ4n) is 3.48. The molecule has 3 rings (SSSR count). The SMILES string of the molecule is COc1ccc(C(C#N)N2CCN(C(=O)COc3cc(C)ccc3C)CC2)cc1. The molecular formula is C23H27N3O3. The second-order valence-electron chi connectivity index (χ2n) is 7.28. The summed E-state index contributed by atoms with van der Waals surface area (Å²) in [6, 6.07) is 15.6. The molecule has 1 amide bonds. The second kappa shape index (κ2) is 9.44. The van der Waals surface area contributed by atoms with Crippen LogP contribution in [-0.2, 0) is 4.79 Å². The maximum absolute atomic E-state index is 12.6. The van der Waals surface area contributed by atoms with Gasteiger partial charge in [-0.1, -0.05) is 24.3 Å². The lowest BCUT2D eigenvalue weighted by atomic mass is 10.1. The number of hydrogen-bond acceptors (Lipinski definition) is 5. The van der Waals surface area contributed by atoms with Gasteiger partial charge in [-0.2, -0.15) is 5.26 Å². The minimum atomic E-state index is -0.329. The molecule has 0 saturated carbocycles. The molecule has 0 aromatic heterocycles. The van der Waals surface area contributed by atoms with Crippen LogP contribution in [0.5, 0.6) is 11.5 Å². The number of nitrogens with zero attached hydrogens (tertiary/aromatic N) is 3. The first-order valence-electron chi connectivity index (χ1n) is 9.77. The van der Waals surface area contributed by atoms with Crippen LogP contribution < -0.4 is 9.47 Å². The molecule has 6 heteroatoms.